The van der Waals surface area contributed by atoms with Crippen molar-refractivity contribution in [3.8, 4) is 0 Å². The van der Waals surface area contributed by atoms with Crippen molar-refractivity contribution >= 4 is 11.9 Å². The molecule has 0 unspecified atom stereocenters. The molecule has 0 aromatic rings. The van der Waals surface area contributed by atoms with Crippen molar-refractivity contribution in [1.82, 2.24) is 0 Å². The van der Waals surface area contributed by atoms with Crippen molar-refractivity contribution < 1.29 is 33.6 Å². The van der Waals surface area contributed by atoms with Crippen molar-refractivity contribution in [1.29, 1.82) is 0 Å². The summed E-state index contributed by atoms with van der Waals surface area (Å²) in [6.45, 7) is 10.5. The molecule has 0 spiro atoms. The molecule has 0 atom stereocenters. The van der Waals surface area contributed by atoms with E-state index in [1.807, 2.05) is 12.2 Å². The molecule has 0 fully saturated rings. The Labute approximate surface area is 146 Å². The average molecular weight is 360 g/mol. The predicted octanol–water partition coefficient (Wildman–Crippen LogP) is 4.04. The van der Waals surface area contributed by atoms with E-state index in [1.54, 1.807) is 13.8 Å². The molecule has 3 aliphatic rings. The van der Waals surface area contributed by atoms with Crippen molar-refractivity contribution in [2.75, 3.05) is 0 Å². The zero-order valence-electron chi connectivity index (χ0n) is 14.0. The fourth-order valence-electron chi connectivity index (χ4n) is 3.21. The van der Waals surface area contributed by atoms with Gasteiger partial charge < -0.3 is 0 Å². The summed E-state index contributed by atoms with van der Waals surface area (Å²) in [4.78, 5) is 24.7. The van der Waals surface area contributed by atoms with Gasteiger partial charge in [-0.1, -0.05) is 0 Å². The Bertz CT molecular complexity index is 726. The normalized spacial score (nSPS) is 19.9. The van der Waals surface area contributed by atoms with E-state index in [0.29, 0.717) is 24.0 Å². The minimum absolute atomic E-state index is 0.304. The summed E-state index contributed by atoms with van der Waals surface area (Å²) in [6, 6.07) is 0. The number of allylic oxidation sites excluding steroid dienone is 8. The van der Waals surface area contributed by atoms with Gasteiger partial charge in [-0.3, -0.25) is 0 Å². The first-order chi connectivity index (χ1) is 11.3. The molecule has 24 heavy (non-hydrogen) atoms. The van der Waals surface area contributed by atoms with Gasteiger partial charge in [0.2, 0.25) is 0 Å². The van der Waals surface area contributed by atoms with Crippen LogP contribution in [0.4, 0.5) is 0 Å². The molecule has 1 heterocycles. The SMILES string of the molecule is C=C(C)C(=O)[O][Ti]1([O]C(=O)C(=C)C)[C]2=C(C=CC2)CC2=[C]1CC=C2. The number of hydrogen-bond acceptors (Lipinski definition) is 4. The zero-order chi connectivity index (χ0) is 17.5. The molecule has 124 valence electrons. The monoisotopic (exact) mass is 360 g/mol. The van der Waals surface area contributed by atoms with Crippen LogP contribution >= 0.6 is 0 Å². The van der Waals surface area contributed by atoms with Crippen LogP contribution in [0, 0.1) is 0 Å². The first-order valence-electron chi connectivity index (χ1n) is 7.91. The summed E-state index contributed by atoms with van der Waals surface area (Å²) in [5, 5.41) is 0. The molecule has 0 amide bonds. The predicted molar refractivity (Wildman–Crippen MR) is 88.0 cm³/mol. The number of rotatable bonds is 4. The van der Waals surface area contributed by atoms with Crippen LogP contribution in [0.1, 0.15) is 33.1 Å². The van der Waals surface area contributed by atoms with E-state index in [0.717, 1.165) is 25.3 Å². The number of hydrogen-bond donors (Lipinski definition) is 0. The van der Waals surface area contributed by atoms with Gasteiger partial charge in [-0.05, 0) is 0 Å². The Morgan fingerprint density at radius 3 is 1.71 bits per heavy atom. The number of carbonyl (C=O) groups is 2. The Kier molecular flexibility index (Phi) is 4.37. The molecule has 5 heteroatoms. The molecular formula is C19H20O4Ti. The Morgan fingerprint density at radius 2 is 1.33 bits per heavy atom. The van der Waals surface area contributed by atoms with Gasteiger partial charge in [-0.2, -0.15) is 0 Å². The van der Waals surface area contributed by atoms with Crippen LogP contribution in [-0.2, 0) is 33.6 Å². The van der Waals surface area contributed by atoms with E-state index in [2.05, 4.69) is 25.3 Å². The maximum absolute atomic E-state index is 12.4. The molecule has 0 N–H and O–H groups in total. The van der Waals surface area contributed by atoms with Crippen molar-refractivity contribution in [2.24, 2.45) is 0 Å². The summed E-state index contributed by atoms with van der Waals surface area (Å²) >= 11 is -4.04. The van der Waals surface area contributed by atoms with Crippen molar-refractivity contribution in [2.45, 2.75) is 33.1 Å². The van der Waals surface area contributed by atoms with Crippen molar-refractivity contribution in [3.63, 3.8) is 0 Å². The molecule has 0 aromatic carbocycles. The van der Waals surface area contributed by atoms with Gasteiger partial charge in [0.05, 0.1) is 0 Å². The summed E-state index contributed by atoms with van der Waals surface area (Å²) in [5.41, 5.74) is 2.84. The molecule has 2 aliphatic carbocycles. The first-order valence-corrected chi connectivity index (χ1v) is 10.7. The molecule has 0 saturated heterocycles. The van der Waals surface area contributed by atoms with Gasteiger partial charge >= 0.3 is 146 Å². The van der Waals surface area contributed by atoms with E-state index in [-0.39, 0.29) is 0 Å². The third-order valence-corrected chi connectivity index (χ3v) is 10.0. The van der Waals surface area contributed by atoms with Gasteiger partial charge in [0.15, 0.2) is 0 Å². The topological polar surface area (TPSA) is 52.6 Å². The fourth-order valence-corrected chi connectivity index (χ4v) is 9.04. The van der Waals surface area contributed by atoms with E-state index in [4.69, 9.17) is 6.64 Å². The van der Waals surface area contributed by atoms with Gasteiger partial charge in [-0.25, -0.2) is 0 Å². The van der Waals surface area contributed by atoms with Crippen molar-refractivity contribution in [3.05, 3.63) is 67.5 Å². The van der Waals surface area contributed by atoms with E-state index in [9.17, 15) is 9.59 Å². The molecule has 0 aromatic heterocycles. The van der Waals surface area contributed by atoms with Gasteiger partial charge in [-0.15, -0.1) is 0 Å². The first kappa shape index (κ1) is 16.9. The van der Waals surface area contributed by atoms with Crippen LogP contribution in [0.25, 0.3) is 0 Å². The molecule has 1 aliphatic heterocycles. The summed E-state index contributed by atoms with van der Waals surface area (Å²) in [5.74, 6) is -0.993. The Morgan fingerprint density at radius 1 is 0.917 bits per heavy atom. The molecule has 0 bridgehead atoms. The molecule has 3 rings (SSSR count). The van der Waals surface area contributed by atoms with Gasteiger partial charge in [0.1, 0.15) is 0 Å². The average Bonchev–Trinajstić information content (AvgIpc) is 3.16. The quantitative estimate of drug-likeness (QED) is 0.561. The third kappa shape index (κ3) is 2.70. The third-order valence-electron chi connectivity index (χ3n) is 4.40. The summed E-state index contributed by atoms with van der Waals surface area (Å²) in [6.07, 6.45) is 10.3. The van der Waals surface area contributed by atoms with Crippen LogP contribution in [0.5, 0.6) is 0 Å². The van der Waals surface area contributed by atoms with Gasteiger partial charge in [0.25, 0.3) is 0 Å². The minimum atomic E-state index is -4.04. The number of carbonyl (C=O) groups excluding carboxylic acids is 2. The molecule has 0 radical (unpaired) electrons. The second kappa shape index (κ2) is 6.19. The summed E-state index contributed by atoms with van der Waals surface area (Å²) < 4.78 is 13.9. The maximum atomic E-state index is 12.4. The van der Waals surface area contributed by atoms with Crippen LogP contribution < -0.4 is 0 Å². The Hall–Kier alpha value is -1.91. The second-order valence-corrected chi connectivity index (χ2v) is 10.8. The van der Waals surface area contributed by atoms with Crippen LogP contribution in [0.15, 0.2) is 67.5 Å². The summed E-state index contributed by atoms with van der Waals surface area (Å²) in [7, 11) is 0. The second-order valence-electron chi connectivity index (χ2n) is 6.35. The standard InChI is InChI=1S/C11H10.2C4H6O2.Ti/c1-2-6-10(5-1)9-11-7-3-4-8-11;2*1-3(2)4(5)6;/h1,3,5,7H,2,4,9H2;2*1H2,2H3,(H,5,6);/q;;;+2/p-2. The van der Waals surface area contributed by atoms with E-state index in [1.165, 1.54) is 0 Å². The van der Waals surface area contributed by atoms with Crippen LogP contribution in [-0.4, -0.2) is 11.9 Å². The van der Waals surface area contributed by atoms with Crippen LogP contribution in [0.2, 0.25) is 0 Å². The van der Waals surface area contributed by atoms with E-state index < -0.39 is 29.3 Å². The molecule has 0 saturated carbocycles. The fraction of sp³-hybridized carbons (Fsp3) is 0.263. The zero-order valence-corrected chi connectivity index (χ0v) is 15.5. The van der Waals surface area contributed by atoms with Crippen LogP contribution in [0.3, 0.4) is 0 Å². The Balaban J connectivity index is 2.12. The molecular weight excluding hydrogens is 340 g/mol. The van der Waals surface area contributed by atoms with Gasteiger partial charge in [0, 0.05) is 0 Å². The molecule has 4 nitrogen and oxygen atoms in total. The van der Waals surface area contributed by atoms with E-state index >= 15 is 0 Å².